The first-order valence-corrected chi connectivity index (χ1v) is 12.7. The lowest BCUT2D eigenvalue weighted by Gasteiger charge is -2.35. The maximum atomic E-state index is 13.0. The molecule has 2 aromatic heterocycles. The van der Waals surface area contributed by atoms with Crippen molar-refractivity contribution in [2.45, 2.75) is 43.9 Å². The van der Waals surface area contributed by atoms with Crippen LogP contribution >= 0.6 is 0 Å². The third-order valence-corrected chi connectivity index (χ3v) is 9.44. The van der Waals surface area contributed by atoms with E-state index in [4.69, 9.17) is 19.4 Å². The number of anilines is 1. The van der Waals surface area contributed by atoms with Crippen LogP contribution in [-0.2, 0) is 25.7 Å². The van der Waals surface area contributed by atoms with Crippen LogP contribution in [-0.4, -0.2) is 62.0 Å². The van der Waals surface area contributed by atoms with Crippen molar-refractivity contribution in [1.29, 1.82) is 0 Å². The number of nitrogens with zero attached hydrogens (tertiary/aromatic N) is 4. The molecule has 5 rings (SSSR count). The smallest absolute Gasteiger partial charge is 0.213 e. The van der Waals surface area contributed by atoms with Crippen LogP contribution in [0, 0.1) is 0 Å². The number of pyridine rings is 1. The summed E-state index contributed by atoms with van der Waals surface area (Å²) < 4.78 is 36.1. The van der Waals surface area contributed by atoms with E-state index in [1.807, 2.05) is 18.2 Å². The molecule has 0 spiro atoms. The minimum atomic E-state index is -3.31. The van der Waals surface area contributed by atoms with Gasteiger partial charge in [-0.25, -0.2) is 23.4 Å². The number of hydrogen-bond acceptors (Lipinski definition) is 8. The van der Waals surface area contributed by atoms with E-state index < -0.39 is 14.6 Å². The van der Waals surface area contributed by atoms with E-state index in [2.05, 4.69) is 22.9 Å². The lowest BCUT2D eigenvalue weighted by atomic mass is 10.00. The van der Waals surface area contributed by atoms with E-state index in [1.54, 1.807) is 14.0 Å². The Hall–Kier alpha value is -2.52. The van der Waals surface area contributed by atoms with Gasteiger partial charge in [-0.2, -0.15) is 0 Å². The van der Waals surface area contributed by atoms with E-state index in [0.717, 1.165) is 29.1 Å². The molecular formula is C23H28N4O4S. The van der Waals surface area contributed by atoms with Crippen LogP contribution in [0.1, 0.15) is 43.6 Å². The molecule has 32 heavy (non-hydrogen) atoms. The summed E-state index contributed by atoms with van der Waals surface area (Å²) in [6, 6.07) is 3.83. The van der Waals surface area contributed by atoms with Crippen molar-refractivity contribution in [2.24, 2.45) is 0 Å². The molecule has 2 atom stereocenters. The molecule has 0 amide bonds. The maximum Gasteiger partial charge on any atom is 0.213 e. The highest BCUT2D eigenvalue weighted by atomic mass is 32.2. The highest BCUT2D eigenvalue weighted by molar-refractivity contribution is 7.92. The fourth-order valence-electron chi connectivity index (χ4n) is 4.81. The van der Waals surface area contributed by atoms with E-state index in [0.29, 0.717) is 50.0 Å². The van der Waals surface area contributed by atoms with Gasteiger partial charge in [0, 0.05) is 36.2 Å². The number of methoxy groups -OCH3 is 1. The van der Waals surface area contributed by atoms with Crippen molar-refractivity contribution in [3.8, 4) is 17.3 Å². The standard InChI is InChI=1S/C23H28N4O4S/c1-15-14-31-10-9-27(15)20-13-19(23(2)8-5-11-32(23,28)29)25-22(26-20)17-12-21(30-3)24-18-7-4-6-16(17)18/h4,6,12-13,15H,5,7-11,14H2,1-3H3/t15-,23?/m1/s1. The summed E-state index contributed by atoms with van der Waals surface area (Å²) in [7, 11) is -1.72. The molecule has 8 nitrogen and oxygen atoms in total. The Morgan fingerprint density at radius 3 is 2.81 bits per heavy atom. The molecule has 2 aromatic rings. The van der Waals surface area contributed by atoms with Crippen molar-refractivity contribution < 1.29 is 17.9 Å². The van der Waals surface area contributed by atoms with Gasteiger partial charge in [-0.3, -0.25) is 0 Å². The summed E-state index contributed by atoms with van der Waals surface area (Å²) in [5.41, 5.74) is 3.24. The SMILES string of the molecule is COc1cc(-c2nc(N3CCOC[C@H]3C)cc(C3(C)CCCS3(=O)=O)n2)c2c(n1)CC=C2. The third kappa shape index (κ3) is 3.38. The topological polar surface area (TPSA) is 94.5 Å². The minimum Gasteiger partial charge on any atom is -0.481 e. The second-order valence-corrected chi connectivity index (χ2v) is 11.4. The Bertz CT molecular complexity index is 1200. The summed E-state index contributed by atoms with van der Waals surface area (Å²) in [6.07, 6.45) is 6.00. The second kappa shape index (κ2) is 7.81. The number of morpholine rings is 1. The van der Waals surface area contributed by atoms with Crippen molar-refractivity contribution in [2.75, 3.05) is 37.5 Å². The van der Waals surface area contributed by atoms with Gasteiger partial charge in [0.1, 0.15) is 10.6 Å². The lowest BCUT2D eigenvalue weighted by molar-refractivity contribution is 0.0985. The predicted molar refractivity (Wildman–Crippen MR) is 123 cm³/mol. The molecule has 0 N–H and O–H groups in total. The van der Waals surface area contributed by atoms with Crippen LogP contribution in [0.25, 0.3) is 17.5 Å². The molecule has 4 heterocycles. The first kappa shape index (κ1) is 21.3. The molecule has 3 aliphatic rings. The molecule has 0 saturated carbocycles. The highest BCUT2D eigenvalue weighted by Crippen LogP contribution is 2.42. The summed E-state index contributed by atoms with van der Waals surface area (Å²) in [6.45, 7) is 5.79. The molecule has 0 aromatic carbocycles. The van der Waals surface area contributed by atoms with E-state index in [1.165, 1.54) is 0 Å². The Morgan fingerprint density at radius 2 is 2.09 bits per heavy atom. The maximum absolute atomic E-state index is 13.0. The average molecular weight is 457 g/mol. The molecular weight excluding hydrogens is 428 g/mol. The quantitative estimate of drug-likeness (QED) is 0.693. The summed E-state index contributed by atoms with van der Waals surface area (Å²) >= 11 is 0. The van der Waals surface area contributed by atoms with Gasteiger partial charge in [-0.05, 0) is 26.7 Å². The van der Waals surface area contributed by atoms with Crippen LogP contribution in [0.3, 0.4) is 0 Å². The van der Waals surface area contributed by atoms with Crippen molar-refractivity contribution in [1.82, 2.24) is 15.0 Å². The van der Waals surface area contributed by atoms with Crippen LogP contribution in [0.4, 0.5) is 5.82 Å². The van der Waals surface area contributed by atoms with Crippen molar-refractivity contribution in [3.63, 3.8) is 0 Å². The largest absolute Gasteiger partial charge is 0.481 e. The number of sulfone groups is 1. The number of fused-ring (bicyclic) bond motifs is 1. The Balaban J connectivity index is 1.73. The third-order valence-electron chi connectivity index (χ3n) is 6.83. The van der Waals surface area contributed by atoms with Crippen LogP contribution in [0.5, 0.6) is 5.88 Å². The molecule has 1 aliphatic carbocycles. The first-order valence-electron chi connectivity index (χ1n) is 11.0. The van der Waals surface area contributed by atoms with Gasteiger partial charge in [0.25, 0.3) is 0 Å². The van der Waals surface area contributed by atoms with E-state index in [-0.39, 0.29) is 11.8 Å². The Labute approximate surface area is 188 Å². The second-order valence-electron chi connectivity index (χ2n) is 8.88. The Kier molecular flexibility index (Phi) is 5.21. The Morgan fingerprint density at radius 1 is 1.25 bits per heavy atom. The van der Waals surface area contributed by atoms with Crippen molar-refractivity contribution in [3.05, 3.63) is 35.2 Å². The molecule has 2 aliphatic heterocycles. The van der Waals surface area contributed by atoms with Gasteiger partial charge in [0.15, 0.2) is 15.7 Å². The number of hydrogen-bond donors (Lipinski definition) is 0. The summed E-state index contributed by atoms with van der Waals surface area (Å²) in [4.78, 5) is 16.5. The molecule has 0 radical (unpaired) electrons. The van der Waals surface area contributed by atoms with Crippen LogP contribution in [0.2, 0.25) is 0 Å². The number of allylic oxidation sites excluding steroid dienone is 1. The van der Waals surface area contributed by atoms with Gasteiger partial charge in [0.05, 0.1) is 43.5 Å². The summed E-state index contributed by atoms with van der Waals surface area (Å²) in [5.74, 6) is 1.92. The van der Waals surface area contributed by atoms with Crippen molar-refractivity contribution >= 4 is 21.7 Å². The lowest BCUT2D eigenvalue weighted by Crippen LogP contribution is -2.44. The van der Waals surface area contributed by atoms with E-state index >= 15 is 0 Å². The molecule has 9 heteroatoms. The van der Waals surface area contributed by atoms with Crippen LogP contribution < -0.4 is 9.64 Å². The van der Waals surface area contributed by atoms with Gasteiger partial charge in [-0.1, -0.05) is 12.2 Å². The van der Waals surface area contributed by atoms with Gasteiger partial charge < -0.3 is 14.4 Å². The van der Waals surface area contributed by atoms with E-state index in [9.17, 15) is 8.42 Å². The number of aromatic nitrogens is 3. The minimum absolute atomic E-state index is 0.130. The van der Waals surface area contributed by atoms with Gasteiger partial charge in [-0.15, -0.1) is 0 Å². The zero-order chi connectivity index (χ0) is 22.5. The average Bonchev–Trinajstić information content (AvgIpc) is 3.37. The fraction of sp³-hybridized carbons (Fsp3) is 0.522. The summed E-state index contributed by atoms with van der Waals surface area (Å²) in [5, 5.41) is 0. The fourth-order valence-corrected chi connectivity index (χ4v) is 6.66. The molecule has 0 bridgehead atoms. The van der Waals surface area contributed by atoms with Crippen LogP contribution in [0.15, 0.2) is 18.2 Å². The molecule has 2 fully saturated rings. The monoisotopic (exact) mass is 456 g/mol. The molecule has 170 valence electrons. The molecule has 2 saturated heterocycles. The molecule has 1 unspecified atom stereocenters. The van der Waals surface area contributed by atoms with Gasteiger partial charge >= 0.3 is 0 Å². The first-order chi connectivity index (χ1) is 15.3. The normalized spacial score (nSPS) is 26.3. The zero-order valence-corrected chi connectivity index (χ0v) is 19.5. The predicted octanol–water partition coefficient (Wildman–Crippen LogP) is 2.77. The van der Waals surface area contributed by atoms with Gasteiger partial charge in [0.2, 0.25) is 5.88 Å². The number of ether oxygens (including phenoxy) is 2. The zero-order valence-electron chi connectivity index (χ0n) is 18.7. The number of rotatable bonds is 4. The highest BCUT2D eigenvalue weighted by Gasteiger charge is 2.47.